The van der Waals surface area contributed by atoms with E-state index in [4.69, 9.17) is 11.6 Å². The Bertz CT molecular complexity index is 1330. The fourth-order valence-electron chi connectivity index (χ4n) is 3.87. The van der Waals surface area contributed by atoms with Gasteiger partial charge in [-0.05, 0) is 49.7 Å². The van der Waals surface area contributed by atoms with Gasteiger partial charge in [0.25, 0.3) is 5.56 Å². The first-order valence-corrected chi connectivity index (χ1v) is 10.1. The van der Waals surface area contributed by atoms with Crippen LogP contribution in [0.4, 0.5) is 21.6 Å². The number of hydrogen-bond donors (Lipinski definition) is 3. The largest absolute Gasteiger partial charge is 0.367 e. The van der Waals surface area contributed by atoms with Crippen LogP contribution in [0.15, 0.2) is 53.6 Å². The lowest BCUT2D eigenvalue weighted by Gasteiger charge is -2.29. The molecule has 4 aromatic rings. The molecule has 6 nitrogen and oxygen atoms in total. The zero-order chi connectivity index (χ0) is 20.8. The van der Waals surface area contributed by atoms with Crippen molar-refractivity contribution in [1.29, 1.82) is 0 Å². The predicted octanol–water partition coefficient (Wildman–Crippen LogP) is 5.13. The number of benzene rings is 1. The summed E-state index contributed by atoms with van der Waals surface area (Å²) in [6, 6.07) is 9.93. The second kappa shape index (κ2) is 7.18. The Kier molecular flexibility index (Phi) is 4.47. The summed E-state index contributed by atoms with van der Waals surface area (Å²) in [6.45, 7) is 2.61. The van der Waals surface area contributed by atoms with Crippen molar-refractivity contribution >= 4 is 39.8 Å². The minimum Gasteiger partial charge on any atom is -0.367 e. The second-order valence-electron chi connectivity index (χ2n) is 7.46. The van der Waals surface area contributed by atoms with Crippen molar-refractivity contribution in [2.45, 2.75) is 25.9 Å². The molecule has 0 aliphatic carbocycles. The summed E-state index contributed by atoms with van der Waals surface area (Å²) in [7, 11) is 0. The van der Waals surface area contributed by atoms with Crippen LogP contribution >= 0.6 is 11.6 Å². The lowest BCUT2D eigenvalue weighted by molar-refractivity contribution is 0.542. The van der Waals surface area contributed by atoms with Gasteiger partial charge in [-0.15, -0.1) is 0 Å². The first-order valence-electron chi connectivity index (χ1n) is 9.70. The first kappa shape index (κ1) is 18.7. The van der Waals surface area contributed by atoms with Crippen molar-refractivity contribution in [3.63, 3.8) is 0 Å². The lowest BCUT2D eigenvalue weighted by Crippen LogP contribution is -2.34. The summed E-state index contributed by atoms with van der Waals surface area (Å²) in [4.78, 5) is 20.6. The highest BCUT2D eigenvalue weighted by Gasteiger charge is 2.23. The molecular formula is C22H19ClFN5O. The average molecular weight is 424 g/mol. The number of pyridine rings is 2. The van der Waals surface area contributed by atoms with E-state index in [1.807, 2.05) is 18.3 Å². The highest BCUT2D eigenvalue weighted by Crippen LogP contribution is 2.34. The molecule has 1 aromatic carbocycles. The van der Waals surface area contributed by atoms with Crippen molar-refractivity contribution in [1.82, 2.24) is 14.5 Å². The topological polar surface area (TPSA) is 74.7 Å². The van der Waals surface area contributed by atoms with Crippen LogP contribution in [0.3, 0.4) is 0 Å². The molecule has 3 N–H and O–H groups in total. The molecule has 0 spiro atoms. The minimum absolute atomic E-state index is 0.186. The van der Waals surface area contributed by atoms with Gasteiger partial charge in [0.05, 0.1) is 16.9 Å². The number of rotatable bonds is 3. The third kappa shape index (κ3) is 3.11. The van der Waals surface area contributed by atoms with Gasteiger partial charge in [0, 0.05) is 41.0 Å². The maximum absolute atomic E-state index is 14.6. The molecule has 0 radical (unpaired) electrons. The lowest BCUT2D eigenvalue weighted by atomic mass is 10.0. The number of nitrogens with one attached hydrogen (secondary N) is 3. The van der Waals surface area contributed by atoms with Crippen LogP contribution in [0.2, 0.25) is 5.02 Å². The van der Waals surface area contributed by atoms with E-state index in [2.05, 4.69) is 27.5 Å². The summed E-state index contributed by atoms with van der Waals surface area (Å²) in [5.41, 5.74) is 2.47. The van der Waals surface area contributed by atoms with Gasteiger partial charge in [-0.25, -0.2) is 9.37 Å². The maximum Gasteiger partial charge on any atom is 0.260 e. The Balaban J connectivity index is 1.72. The molecule has 1 aliphatic rings. The molecule has 5 rings (SSSR count). The zero-order valence-corrected chi connectivity index (χ0v) is 16.9. The van der Waals surface area contributed by atoms with Crippen LogP contribution in [0.1, 0.15) is 13.3 Å². The highest BCUT2D eigenvalue weighted by atomic mass is 35.5. The van der Waals surface area contributed by atoms with Crippen LogP contribution < -0.4 is 16.2 Å². The Morgan fingerprint density at radius 1 is 1.20 bits per heavy atom. The van der Waals surface area contributed by atoms with Gasteiger partial charge < -0.3 is 15.6 Å². The standard InChI is InChI=1S/C22H19ClFN5O/c1-12-6-9-29-21(27-12)19(28-18-5-8-26-20-14(18)4-7-25-20)11-16(22(29)30)15-10-13(23)2-3-17(15)24/h2-5,7-8,10-12,27H,6,9H2,1H3,(H2,25,26,28). The van der Waals surface area contributed by atoms with E-state index in [1.165, 1.54) is 18.2 Å². The van der Waals surface area contributed by atoms with Crippen LogP contribution in [-0.4, -0.2) is 20.6 Å². The fraction of sp³-hybridized carbons (Fsp3) is 0.182. The van der Waals surface area contributed by atoms with Crippen molar-refractivity contribution < 1.29 is 4.39 Å². The quantitative estimate of drug-likeness (QED) is 0.427. The van der Waals surface area contributed by atoms with Gasteiger partial charge in [0.1, 0.15) is 17.3 Å². The molecule has 0 saturated heterocycles. The van der Waals surface area contributed by atoms with Gasteiger partial charge in [-0.1, -0.05) is 11.6 Å². The van der Waals surface area contributed by atoms with Crippen molar-refractivity contribution in [2.75, 3.05) is 10.6 Å². The van der Waals surface area contributed by atoms with E-state index in [0.717, 1.165) is 23.1 Å². The molecule has 3 aromatic heterocycles. The minimum atomic E-state index is -0.489. The smallest absolute Gasteiger partial charge is 0.260 e. The number of halogens is 2. The molecule has 152 valence electrons. The molecule has 1 unspecified atom stereocenters. The van der Waals surface area contributed by atoms with Crippen molar-refractivity contribution in [2.24, 2.45) is 0 Å². The number of H-pyrrole nitrogens is 1. The van der Waals surface area contributed by atoms with Crippen LogP contribution in [-0.2, 0) is 6.54 Å². The predicted molar refractivity (Wildman–Crippen MR) is 118 cm³/mol. The van der Waals surface area contributed by atoms with E-state index >= 15 is 0 Å². The number of anilines is 3. The van der Waals surface area contributed by atoms with E-state index in [9.17, 15) is 9.18 Å². The molecule has 8 heteroatoms. The number of nitrogens with zero attached hydrogens (tertiary/aromatic N) is 2. The van der Waals surface area contributed by atoms with Crippen LogP contribution in [0.25, 0.3) is 22.2 Å². The monoisotopic (exact) mass is 423 g/mol. The molecule has 1 atom stereocenters. The van der Waals surface area contributed by atoms with E-state index in [1.54, 1.807) is 16.8 Å². The van der Waals surface area contributed by atoms with Crippen LogP contribution in [0, 0.1) is 5.82 Å². The van der Waals surface area contributed by atoms with Crippen molar-refractivity contribution in [3.05, 3.63) is 70.0 Å². The van der Waals surface area contributed by atoms with Gasteiger partial charge in [-0.2, -0.15) is 0 Å². The summed E-state index contributed by atoms with van der Waals surface area (Å²) in [6.07, 6.45) is 4.32. The van der Waals surface area contributed by atoms with Gasteiger partial charge in [0.2, 0.25) is 0 Å². The first-order chi connectivity index (χ1) is 14.5. The number of aromatic nitrogens is 3. The highest BCUT2D eigenvalue weighted by molar-refractivity contribution is 6.30. The molecule has 1 aliphatic heterocycles. The number of hydrogen-bond acceptors (Lipinski definition) is 4. The Hall–Kier alpha value is -3.32. The van der Waals surface area contributed by atoms with E-state index in [0.29, 0.717) is 23.1 Å². The molecule has 0 saturated carbocycles. The second-order valence-corrected chi connectivity index (χ2v) is 7.90. The molecule has 0 bridgehead atoms. The summed E-state index contributed by atoms with van der Waals surface area (Å²) in [5.74, 6) is 0.197. The maximum atomic E-state index is 14.6. The van der Waals surface area contributed by atoms with E-state index < -0.39 is 5.82 Å². The van der Waals surface area contributed by atoms with Gasteiger partial charge in [0.15, 0.2) is 0 Å². The Labute approximate surface area is 176 Å². The van der Waals surface area contributed by atoms with Gasteiger partial charge in [-0.3, -0.25) is 9.36 Å². The van der Waals surface area contributed by atoms with Crippen molar-refractivity contribution in [3.8, 4) is 11.1 Å². The Morgan fingerprint density at radius 2 is 2.07 bits per heavy atom. The Morgan fingerprint density at radius 3 is 2.93 bits per heavy atom. The van der Waals surface area contributed by atoms with E-state index in [-0.39, 0.29) is 22.7 Å². The zero-order valence-electron chi connectivity index (χ0n) is 16.2. The van der Waals surface area contributed by atoms with Gasteiger partial charge >= 0.3 is 0 Å². The van der Waals surface area contributed by atoms with Crippen LogP contribution in [0.5, 0.6) is 0 Å². The fourth-order valence-corrected chi connectivity index (χ4v) is 4.04. The molecule has 0 amide bonds. The summed E-state index contributed by atoms with van der Waals surface area (Å²) in [5, 5.41) is 8.10. The molecular weight excluding hydrogens is 405 g/mol. The number of aromatic amines is 1. The third-order valence-corrected chi connectivity index (χ3v) is 5.64. The molecule has 4 heterocycles. The SMILES string of the molecule is CC1CCn2c(c(Nc3ccnc4[nH]ccc34)cc(-c3cc(Cl)ccc3F)c2=O)N1. The number of fused-ring (bicyclic) bond motifs is 2. The third-order valence-electron chi connectivity index (χ3n) is 5.41. The summed E-state index contributed by atoms with van der Waals surface area (Å²) < 4.78 is 16.3. The summed E-state index contributed by atoms with van der Waals surface area (Å²) >= 11 is 6.09. The average Bonchev–Trinajstić information content (AvgIpc) is 3.22. The normalized spacial score (nSPS) is 15.6. The molecule has 30 heavy (non-hydrogen) atoms. The molecule has 0 fully saturated rings.